The third-order valence-corrected chi connectivity index (χ3v) is 7.39. The highest BCUT2D eigenvalue weighted by atomic mass is 35.5. The number of anilines is 1. The summed E-state index contributed by atoms with van der Waals surface area (Å²) in [6.45, 7) is -0.521. The number of carbonyl (C=O) groups is 2. The fraction of sp³-hybridized carbons (Fsp3) is 0.130. The number of carbonyl (C=O) groups excluding carboxylic acids is 2. The van der Waals surface area contributed by atoms with Crippen LogP contribution in [-0.4, -0.2) is 24.5 Å². The maximum Gasteiger partial charge on any atom is 0.418 e. The number of benzene rings is 3. The number of hydrogen-bond acceptors (Lipinski definition) is 4. The third-order valence-electron chi connectivity index (χ3n) is 5.34. The summed E-state index contributed by atoms with van der Waals surface area (Å²) in [4.78, 5) is 26.1. The Morgan fingerprint density at radius 1 is 1.03 bits per heavy atom. The maximum atomic E-state index is 13.4. The summed E-state index contributed by atoms with van der Waals surface area (Å²) in [5.74, 6) is -4.75. The molecule has 0 radical (unpaired) electrons. The number of halogens is 5. The lowest BCUT2D eigenvalue weighted by Crippen LogP contribution is -2.47. The molecule has 0 saturated heterocycles. The van der Waals surface area contributed by atoms with Crippen molar-refractivity contribution in [1.29, 1.82) is 0 Å². The molecule has 2 amide bonds. The highest BCUT2D eigenvalue weighted by Crippen LogP contribution is 2.39. The molecule has 0 bridgehead atoms. The lowest BCUT2D eigenvalue weighted by molar-refractivity contribution is -0.137. The van der Waals surface area contributed by atoms with Crippen molar-refractivity contribution in [3.8, 4) is 0 Å². The SMILES string of the molecule is O=C(Nc1ccccc1C(F)(F)F)C1C(=O)N(Cc2ccc(F)cc2)S(=O)(=O)c2ccc(Cl)cc21. The van der Waals surface area contributed by atoms with E-state index < -0.39 is 62.4 Å². The number of nitrogens with one attached hydrogen (secondary N) is 1. The van der Waals surface area contributed by atoms with Gasteiger partial charge in [-0.3, -0.25) is 9.59 Å². The minimum atomic E-state index is -4.79. The molecule has 6 nitrogen and oxygen atoms in total. The van der Waals surface area contributed by atoms with Crippen LogP contribution in [-0.2, 0) is 32.3 Å². The molecule has 3 aromatic carbocycles. The molecule has 182 valence electrons. The van der Waals surface area contributed by atoms with E-state index in [9.17, 15) is 35.6 Å². The van der Waals surface area contributed by atoms with E-state index in [1.165, 1.54) is 24.3 Å². The lowest BCUT2D eigenvalue weighted by Gasteiger charge is -2.33. The second kappa shape index (κ2) is 8.97. The number of hydrogen-bond donors (Lipinski definition) is 1. The topological polar surface area (TPSA) is 83.6 Å². The Kier molecular flexibility index (Phi) is 6.32. The van der Waals surface area contributed by atoms with Crippen LogP contribution < -0.4 is 5.32 Å². The van der Waals surface area contributed by atoms with Crippen molar-refractivity contribution in [2.75, 3.05) is 5.32 Å². The van der Waals surface area contributed by atoms with Crippen molar-refractivity contribution >= 4 is 39.1 Å². The summed E-state index contributed by atoms with van der Waals surface area (Å²) in [6.07, 6.45) is -4.79. The van der Waals surface area contributed by atoms with Gasteiger partial charge in [0, 0.05) is 5.02 Å². The Bertz CT molecular complexity index is 1430. The Morgan fingerprint density at radius 3 is 2.34 bits per heavy atom. The summed E-state index contributed by atoms with van der Waals surface area (Å²) < 4.78 is 80.3. The highest BCUT2D eigenvalue weighted by molar-refractivity contribution is 7.89. The summed E-state index contributed by atoms with van der Waals surface area (Å²) in [7, 11) is -4.46. The zero-order valence-corrected chi connectivity index (χ0v) is 19.1. The van der Waals surface area contributed by atoms with Gasteiger partial charge in [-0.2, -0.15) is 13.2 Å². The smallest absolute Gasteiger partial charge is 0.325 e. The first-order valence-corrected chi connectivity index (χ1v) is 11.8. The molecule has 1 heterocycles. The van der Waals surface area contributed by atoms with E-state index in [-0.39, 0.29) is 16.1 Å². The second-order valence-corrected chi connectivity index (χ2v) is 9.89. The van der Waals surface area contributed by atoms with Crippen molar-refractivity contribution in [3.63, 3.8) is 0 Å². The molecule has 12 heteroatoms. The van der Waals surface area contributed by atoms with Crippen LogP contribution in [0.15, 0.2) is 71.6 Å². The Balaban J connectivity index is 1.79. The Morgan fingerprint density at radius 2 is 1.69 bits per heavy atom. The second-order valence-electron chi connectivity index (χ2n) is 7.62. The predicted octanol–water partition coefficient (Wildman–Crippen LogP) is 4.95. The van der Waals surface area contributed by atoms with Crippen LogP contribution in [0.25, 0.3) is 0 Å². The van der Waals surface area contributed by atoms with Crippen molar-refractivity contribution < 1.29 is 35.6 Å². The van der Waals surface area contributed by atoms with E-state index in [0.29, 0.717) is 4.31 Å². The van der Waals surface area contributed by atoms with Crippen LogP contribution in [0.1, 0.15) is 22.6 Å². The zero-order valence-electron chi connectivity index (χ0n) is 17.5. The highest BCUT2D eigenvalue weighted by Gasteiger charge is 2.47. The van der Waals surface area contributed by atoms with Gasteiger partial charge in [0.15, 0.2) is 0 Å². The maximum absolute atomic E-state index is 13.4. The molecular formula is C23H15ClF4N2O4S. The molecule has 1 unspecified atom stereocenters. The minimum absolute atomic E-state index is 0.0206. The minimum Gasteiger partial charge on any atom is -0.325 e. The van der Waals surface area contributed by atoms with E-state index >= 15 is 0 Å². The molecule has 3 aromatic rings. The van der Waals surface area contributed by atoms with Gasteiger partial charge in [0.05, 0.1) is 22.7 Å². The van der Waals surface area contributed by atoms with Crippen LogP contribution in [0.5, 0.6) is 0 Å². The van der Waals surface area contributed by atoms with Gasteiger partial charge in [-0.25, -0.2) is 17.1 Å². The lowest BCUT2D eigenvalue weighted by atomic mass is 9.96. The van der Waals surface area contributed by atoms with Gasteiger partial charge in [-0.05, 0) is 53.6 Å². The standard InChI is InChI=1S/C23H15ClF4N2O4S/c24-14-7-10-19-16(11-14)20(21(31)29-18-4-2-1-3-17(18)23(26,27)28)22(32)30(35(19,33)34)12-13-5-8-15(25)9-6-13/h1-11,20H,12H2,(H,29,31). The monoisotopic (exact) mass is 526 g/mol. The van der Waals surface area contributed by atoms with E-state index in [2.05, 4.69) is 5.32 Å². The molecule has 1 aliphatic rings. The third kappa shape index (κ3) is 4.73. The fourth-order valence-electron chi connectivity index (χ4n) is 3.71. The molecule has 0 aromatic heterocycles. The van der Waals surface area contributed by atoms with Crippen molar-refractivity contribution in [2.24, 2.45) is 0 Å². The van der Waals surface area contributed by atoms with Gasteiger partial charge in [0.25, 0.3) is 15.9 Å². The number of amides is 2. The van der Waals surface area contributed by atoms with Crippen LogP contribution in [0.3, 0.4) is 0 Å². The van der Waals surface area contributed by atoms with Gasteiger partial charge in [-0.15, -0.1) is 0 Å². The average Bonchev–Trinajstić information content (AvgIpc) is 2.77. The number of rotatable bonds is 4. The number of alkyl halides is 3. The van der Waals surface area contributed by atoms with E-state index in [0.717, 1.165) is 42.5 Å². The Hall–Kier alpha value is -3.44. The molecule has 35 heavy (non-hydrogen) atoms. The number of para-hydroxylation sites is 1. The zero-order chi connectivity index (χ0) is 25.5. The molecule has 1 N–H and O–H groups in total. The molecule has 1 atom stereocenters. The first kappa shape index (κ1) is 24.7. The van der Waals surface area contributed by atoms with Crippen molar-refractivity contribution in [1.82, 2.24) is 4.31 Å². The van der Waals surface area contributed by atoms with Gasteiger partial charge in [0.1, 0.15) is 11.7 Å². The summed E-state index contributed by atoms with van der Waals surface area (Å²) in [6, 6.07) is 12.3. The molecule has 0 aliphatic carbocycles. The summed E-state index contributed by atoms with van der Waals surface area (Å²) in [5.41, 5.74) is -1.75. The molecule has 1 aliphatic heterocycles. The van der Waals surface area contributed by atoms with Crippen LogP contribution >= 0.6 is 11.6 Å². The average molecular weight is 527 g/mol. The van der Waals surface area contributed by atoms with Crippen LogP contribution in [0.4, 0.5) is 23.2 Å². The molecular weight excluding hydrogens is 512 g/mol. The Labute approximate surface area is 202 Å². The normalized spacial score (nSPS) is 17.1. The molecule has 0 fully saturated rings. The van der Waals surface area contributed by atoms with E-state index in [1.807, 2.05) is 0 Å². The molecule has 0 saturated carbocycles. The first-order chi connectivity index (χ1) is 16.4. The van der Waals surface area contributed by atoms with Crippen molar-refractivity contribution in [3.05, 3.63) is 94.3 Å². The predicted molar refractivity (Wildman–Crippen MR) is 118 cm³/mol. The van der Waals surface area contributed by atoms with Gasteiger partial charge in [0.2, 0.25) is 5.91 Å². The fourth-order valence-corrected chi connectivity index (χ4v) is 5.50. The van der Waals surface area contributed by atoms with E-state index in [4.69, 9.17) is 11.6 Å². The van der Waals surface area contributed by atoms with Gasteiger partial charge >= 0.3 is 6.18 Å². The first-order valence-electron chi connectivity index (χ1n) is 9.97. The number of fused-ring (bicyclic) bond motifs is 1. The molecule has 0 spiro atoms. The van der Waals surface area contributed by atoms with Crippen LogP contribution in [0, 0.1) is 5.82 Å². The van der Waals surface area contributed by atoms with Crippen LogP contribution in [0.2, 0.25) is 5.02 Å². The van der Waals surface area contributed by atoms with Crippen molar-refractivity contribution in [2.45, 2.75) is 23.5 Å². The largest absolute Gasteiger partial charge is 0.418 e. The summed E-state index contributed by atoms with van der Waals surface area (Å²) >= 11 is 5.98. The quantitative estimate of drug-likeness (QED) is 0.385. The summed E-state index contributed by atoms with van der Waals surface area (Å²) in [5, 5.41) is 2.12. The van der Waals surface area contributed by atoms with Gasteiger partial charge < -0.3 is 5.32 Å². The van der Waals surface area contributed by atoms with Gasteiger partial charge in [-0.1, -0.05) is 35.9 Å². The number of nitrogens with zero attached hydrogens (tertiary/aromatic N) is 1. The van der Waals surface area contributed by atoms with E-state index in [1.54, 1.807) is 0 Å². The molecule has 4 rings (SSSR count). The number of sulfonamides is 1.